The van der Waals surface area contributed by atoms with Gasteiger partial charge in [0, 0.05) is 6.54 Å². The normalized spacial score (nSPS) is 18.0. The summed E-state index contributed by atoms with van der Waals surface area (Å²) in [4.78, 5) is 15.2. The van der Waals surface area contributed by atoms with Crippen LogP contribution in [0.1, 0.15) is 13.8 Å². The summed E-state index contributed by atoms with van der Waals surface area (Å²) in [6.45, 7) is 5.56. The summed E-state index contributed by atoms with van der Waals surface area (Å²) in [5, 5.41) is 5.93. The number of guanidine groups is 1. The Morgan fingerprint density at radius 3 is 2.77 bits per heavy atom. The molecular formula is C8H15N3OS. The van der Waals surface area contributed by atoms with Gasteiger partial charge in [-0.05, 0) is 5.92 Å². The first kappa shape index (κ1) is 10.4. The van der Waals surface area contributed by atoms with E-state index in [9.17, 15) is 4.79 Å². The van der Waals surface area contributed by atoms with E-state index in [1.54, 1.807) is 0 Å². The van der Waals surface area contributed by atoms with E-state index in [1.807, 2.05) is 13.8 Å². The van der Waals surface area contributed by atoms with Crippen LogP contribution in [-0.4, -0.2) is 30.2 Å². The van der Waals surface area contributed by atoms with E-state index in [2.05, 4.69) is 28.3 Å². The maximum absolute atomic E-state index is 11.1. The molecule has 0 aromatic heterocycles. The standard InChI is InChI=1S/C8H15N3OS/c1-5(2)6(7(12)13)11-8-9-3-4-10-8/h5-6H,3-4H2,1-2H3,(H,12,13)(H2,9,10,11)/t6-/m0/s1. The second kappa shape index (κ2) is 4.50. The third-order valence-corrected chi connectivity index (χ3v) is 2.18. The molecule has 0 fully saturated rings. The quantitative estimate of drug-likeness (QED) is 0.564. The Hall–Kier alpha value is -0.710. The van der Waals surface area contributed by atoms with Crippen LogP contribution in [0.25, 0.3) is 0 Å². The number of carbonyl (C=O) groups is 1. The van der Waals surface area contributed by atoms with Crippen molar-refractivity contribution in [2.24, 2.45) is 10.9 Å². The minimum absolute atomic E-state index is 0.147. The second-order valence-corrected chi connectivity index (χ2v) is 3.80. The van der Waals surface area contributed by atoms with Crippen molar-refractivity contribution in [3.05, 3.63) is 0 Å². The number of hydrogen-bond acceptors (Lipinski definition) is 4. The lowest BCUT2D eigenvalue weighted by molar-refractivity contribution is -0.113. The molecule has 1 heterocycles. The summed E-state index contributed by atoms with van der Waals surface area (Å²) < 4.78 is 0. The third kappa shape index (κ3) is 2.91. The summed E-state index contributed by atoms with van der Waals surface area (Å²) in [6, 6.07) is -0.257. The zero-order chi connectivity index (χ0) is 9.84. The van der Waals surface area contributed by atoms with E-state index in [4.69, 9.17) is 0 Å². The van der Waals surface area contributed by atoms with Crippen molar-refractivity contribution in [2.45, 2.75) is 19.9 Å². The van der Waals surface area contributed by atoms with Crippen molar-refractivity contribution in [2.75, 3.05) is 13.1 Å². The molecule has 5 heteroatoms. The predicted molar refractivity (Wildman–Crippen MR) is 56.1 cm³/mol. The summed E-state index contributed by atoms with van der Waals surface area (Å²) in [6.07, 6.45) is 0. The largest absolute Gasteiger partial charge is 0.355 e. The van der Waals surface area contributed by atoms with Crippen molar-refractivity contribution < 1.29 is 4.79 Å². The Morgan fingerprint density at radius 2 is 2.38 bits per heavy atom. The van der Waals surface area contributed by atoms with E-state index in [-0.39, 0.29) is 17.1 Å². The highest BCUT2D eigenvalue weighted by atomic mass is 32.1. The number of nitrogens with one attached hydrogen (secondary N) is 2. The topological polar surface area (TPSA) is 53.5 Å². The number of nitrogens with zero attached hydrogens (tertiary/aromatic N) is 1. The Kier molecular flexibility index (Phi) is 3.59. The molecule has 0 aromatic rings. The molecule has 74 valence electrons. The van der Waals surface area contributed by atoms with E-state index in [0.29, 0.717) is 5.96 Å². The lowest BCUT2D eigenvalue weighted by Crippen LogP contribution is -2.46. The molecule has 0 unspecified atom stereocenters. The molecule has 0 saturated carbocycles. The van der Waals surface area contributed by atoms with Crippen LogP contribution in [0.15, 0.2) is 4.99 Å². The molecule has 0 spiro atoms. The van der Waals surface area contributed by atoms with E-state index >= 15 is 0 Å². The number of carbonyl (C=O) groups excluding carboxylic acids is 1. The first-order valence-corrected chi connectivity index (χ1v) is 4.83. The Labute approximate surface area is 83.6 Å². The van der Waals surface area contributed by atoms with E-state index in [0.717, 1.165) is 13.1 Å². The van der Waals surface area contributed by atoms with Gasteiger partial charge in [-0.1, -0.05) is 13.8 Å². The minimum Gasteiger partial charge on any atom is -0.355 e. The Balaban J connectivity index is 2.51. The Bertz CT molecular complexity index is 227. The first-order valence-electron chi connectivity index (χ1n) is 4.39. The molecule has 1 aliphatic rings. The molecule has 1 rings (SSSR count). The van der Waals surface area contributed by atoms with Gasteiger partial charge >= 0.3 is 0 Å². The fourth-order valence-corrected chi connectivity index (χ4v) is 1.52. The maximum atomic E-state index is 11.1. The molecule has 1 atom stereocenters. The monoisotopic (exact) mass is 201 g/mol. The van der Waals surface area contributed by atoms with Crippen LogP contribution in [-0.2, 0) is 4.79 Å². The first-order chi connectivity index (χ1) is 6.11. The molecule has 0 saturated heterocycles. The van der Waals surface area contributed by atoms with Crippen LogP contribution < -0.4 is 10.6 Å². The van der Waals surface area contributed by atoms with Crippen molar-refractivity contribution >= 4 is 23.7 Å². The smallest absolute Gasteiger partial charge is 0.208 e. The molecule has 0 amide bonds. The van der Waals surface area contributed by atoms with Gasteiger partial charge in [0.15, 0.2) is 5.96 Å². The molecular weight excluding hydrogens is 186 g/mol. The number of thiol groups is 1. The van der Waals surface area contributed by atoms with Crippen molar-refractivity contribution in [1.82, 2.24) is 10.6 Å². The lowest BCUT2D eigenvalue weighted by Gasteiger charge is -2.19. The van der Waals surface area contributed by atoms with E-state index in [1.165, 1.54) is 0 Å². The summed E-state index contributed by atoms with van der Waals surface area (Å²) >= 11 is 3.82. The summed E-state index contributed by atoms with van der Waals surface area (Å²) in [7, 11) is 0. The minimum atomic E-state index is -0.257. The molecule has 0 aliphatic carbocycles. The van der Waals surface area contributed by atoms with Gasteiger partial charge in [0.25, 0.3) is 0 Å². The highest BCUT2D eigenvalue weighted by molar-refractivity contribution is 7.96. The molecule has 0 radical (unpaired) electrons. The molecule has 0 aromatic carbocycles. The number of hydrogen-bond donors (Lipinski definition) is 3. The zero-order valence-electron chi connectivity index (χ0n) is 7.87. The Morgan fingerprint density at radius 1 is 1.69 bits per heavy atom. The molecule has 1 aliphatic heterocycles. The summed E-state index contributed by atoms with van der Waals surface area (Å²) in [5.41, 5.74) is 0. The van der Waals surface area contributed by atoms with Gasteiger partial charge in [-0.2, -0.15) is 0 Å². The van der Waals surface area contributed by atoms with Crippen LogP contribution in [0.3, 0.4) is 0 Å². The van der Waals surface area contributed by atoms with Gasteiger partial charge in [0.05, 0.1) is 6.54 Å². The highest BCUT2D eigenvalue weighted by Crippen LogP contribution is 2.05. The average Bonchev–Trinajstić information content (AvgIpc) is 2.50. The van der Waals surface area contributed by atoms with Gasteiger partial charge in [-0.25, -0.2) is 0 Å². The van der Waals surface area contributed by atoms with Gasteiger partial charge in [0.2, 0.25) is 5.12 Å². The van der Waals surface area contributed by atoms with Gasteiger partial charge in [-0.15, -0.1) is 12.6 Å². The van der Waals surface area contributed by atoms with Crippen LogP contribution in [0.5, 0.6) is 0 Å². The lowest BCUT2D eigenvalue weighted by atomic mass is 10.1. The van der Waals surface area contributed by atoms with Crippen LogP contribution >= 0.6 is 12.6 Å². The second-order valence-electron chi connectivity index (χ2n) is 3.36. The average molecular weight is 201 g/mol. The van der Waals surface area contributed by atoms with Crippen molar-refractivity contribution in [3.63, 3.8) is 0 Å². The third-order valence-electron chi connectivity index (χ3n) is 1.90. The fourth-order valence-electron chi connectivity index (χ4n) is 1.16. The molecule has 13 heavy (non-hydrogen) atoms. The summed E-state index contributed by atoms with van der Waals surface area (Å²) in [5.74, 6) is 0.927. The molecule has 2 N–H and O–H groups in total. The number of rotatable bonds is 3. The molecule has 0 bridgehead atoms. The van der Waals surface area contributed by atoms with Crippen LogP contribution in [0, 0.1) is 5.92 Å². The van der Waals surface area contributed by atoms with Gasteiger partial charge in [0.1, 0.15) is 6.04 Å². The van der Waals surface area contributed by atoms with Gasteiger partial charge < -0.3 is 10.6 Å². The molecule has 4 nitrogen and oxygen atoms in total. The van der Waals surface area contributed by atoms with Crippen LogP contribution in [0.2, 0.25) is 0 Å². The van der Waals surface area contributed by atoms with Crippen molar-refractivity contribution in [1.29, 1.82) is 0 Å². The number of aliphatic imine (C=N–C) groups is 1. The van der Waals surface area contributed by atoms with Gasteiger partial charge in [-0.3, -0.25) is 9.79 Å². The van der Waals surface area contributed by atoms with Crippen molar-refractivity contribution in [3.8, 4) is 0 Å². The predicted octanol–water partition coefficient (Wildman–Crippen LogP) is 0.0162. The van der Waals surface area contributed by atoms with E-state index < -0.39 is 0 Å². The zero-order valence-corrected chi connectivity index (χ0v) is 8.77. The SMILES string of the molecule is CC(C)[C@H](NC1=NCCN1)C(=O)S. The highest BCUT2D eigenvalue weighted by Gasteiger charge is 2.21. The fraction of sp³-hybridized carbons (Fsp3) is 0.750. The maximum Gasteiger partial charge on any atom is 0.208 e. The van der Waals surface area contributed by atoms with Crippen LogP contribution in [0.4, 0.5) is 0 Å².